The van der Waals surface area contributed by atoms with E-state index in [1.807, 2.05) is 16.3 Å². The maximum absolute atomic E-state index is 13.0. The number of methoxy groups -OCH3 is 1. The number of fused-ring (bicyclic) bond motifs is 1. The van der Waals surface area contributed by atoms with E-state index in [1.165, 1.54) is 22.5 Å². The van der Waals surface area contributed by atoms with Gasteiger partial charge in [0.1, 0.15) is 11.4 Å². The third-order valence-corrected chi connectivity index (χ3v) is 7.31. The first kappa shape index (κ1) is 20.2. The summed E-state index contributed by atoms with van der Waals surface area (Å²) in [5.41, 5.74) is 4.94. The highest BCUT2D eigenvalue weighted by atomic mass is 32.1. The first-order chi connectivity index (χ1) is 15.2. The van der Waals surface area contributed by atoms with Crippen molar-refractivity contribution in [3.05, 3.63) is 82.3 Å². The molecule has 1 aromatic heterocycles. The van der Waals surface area contributed by atoms with Crippen LogP contribution in [0.2, 0.25) is 0 Å². The van der Waals surface area contributed by atoms with Crippen LogP contribution < -0.4 is 4.74 Å². The molecule has 31 heavy (non-hydrogen) atoms. The van der Waals surface area contributed by atoms with Gasteiger partial charge in [0.15, 0.2) is 0 Å². The lowest BCUT2D eigenvalue weighted by atomic mass is 9.81. The van der Waals surface area contributed by atoms with E-state index in [1.54, 1.807) is 12.6 Å². The van der Waals surface area contributed by atoms with Gasteiger partial charge in [-0.25, -0.2) is 4.98 Å². The van der Waals surface area contributed by atoms with E-state index in [9.17, 15) is 4.79 Å². The fourth-order valence-corrected chi connectivity index (χ4v) is 5.76. The van der Waals surface area contributed by atoms with Gasteiger partial charge in [-0.1, -0.05) is 42.5 Å². The highest BCUT2D eigenvalue weighted by Crippen LogP contribution is 2.43. The lowest BCUT2D eigenvalue weighted by Gasteiger charge is -2.39. The zero-order valence-electron chi connectivity index (χ0n) is 17.7. The number of rotatable bonds is 5. The van der Waals surface area contributed by atoms with Gasteiger partial charge in [-0.2, -0.15) is 0 Å². The van der Waals surface area contributed by atoms with Crippen LogP contribution in [0.3, 0.4) is 0 Å². The Bertz CT molecular complexity index is 1020. The molecule has 2 aromatic carbocycles. The molecule has 3 aromatic rings. The van der Waals surface area contributed by atoms with Gasteiger partial charge in [0.05, 0.1) is 12.6 Å². The van der Waals surface area contributed by atoms with Gasteiger partial charge in [0.2, 0.25) is 0 Å². The first-order valence-electron chi connectivity index (χ1n) is 10.8. The Kier molecular flexibility index (Phi) is 5.74. The molecular weight excluding hydrogens is 406 g/mol. The third-order valence-electron chi connectivity index (χ3n) is 6.73. The molecule has 5 nitrogen and oxygen atoms in total. The van der Waals surface area contributed by atoms with Gasteiger partial charge >= 0.3 is 0 Å². The minimum absolute atomic E-state index is 0.0607. The minimum atomic E-state index is 0.0607. The van der Waals surface area contributed by atoms with Gasteiger partial charge in [-0.05, 0) is 29.7 Å². The van der Waals surface area contributed by atoms with Crippen LogP contribution in [0, 0.1) is 5.92 Å². The van der Waals surface area contributed by atoms with Crippen molar-refractivity contribution >= 4 is 17.2 Å². The molecule has 1 amide bonds. The normalized spacial score (nSPS) is 23.5. The number of aromatic nitrogens is 1. The monoisotopic (exact) mass is 433 g/mol. The molecule has 0 aliphatic carbocycles. The van der Waals surface area contributed by atoms with E-state index in [4.69, 9.17) is 4.74 Å². The van der Waals surface area contributed by atoms with Crippen molar-refractivity contribution in [3.8, 4) is 5.75 Å². The number of hydrogen-bond acceptors (Lipinski definition) is 5. The number of benzene rings is 2. The molecule has 160 valence electrons. The predicted molar refractivity (Wildman–Crippen MR) is 122 cm³/mol. The van der Waals surface area contributed by atoms with Crippen LogP contribution in [0.15, 0.2) is 65.5 Å². The van der Waals surface area contributed by atoms with Crippen LogP contribution in [0.5, 0.6) is 5.75 Å². The zero-order chi connectivity index (χ0) is 21.2. The molecule has 0 bridgehead atoms. The van der Waals surface area contributed by atoms with Crippen LogP contribution >= 0.6 is 11.3 Å². The molecule has 2 aliphatic rings. The average Bonchev–Trinajstić information content (AvgIpc) is 3.48. The second-order valence-corrected chi connectivity index (χ2v) is 9.16. The van der Waals surface area contributed by atoms with E-state index >= 15 is 0 Å². The first-order valence-corrected chi connectivity index (χ1v) is 11.8. The van der Waals surface area contributed by atoms with Gasteiger partial charge in [0.25, 0.3) is 5.91 Å². The van der Waals surface area contributed by atoms with Crippen molar-refractivity contribution in [2.75, 3.05) is 26.7 Å². The van der Waals surface area contributed by atoms with Crippen molar-refractivity contribution in [2.45, 2.75) is 24.9 Å². The maximum Gasteiger partial charge on any atom is 0.273 e. The van der Waals surface area contributed by atoms with Gasteiger partial charge in [-0.3, -0.25) is 9.69 Å². The van der Waals surface area contributed by atoms with Gasteiger partial charge in [-0.15, -0.1) is 11.3 Å². The summed E-state index contributed by atoms with van der Waals surface area (Å²) in [6, 6.07) is 19.6. The number of carbonyl (C=O) groups is 1. The summed E-state index contributed by atoms with van der Waals surface area (Å²) in [6.07, 6.45) is 0.994. The second-order valence-electron chi connectivity index (χ2n) is 8.44. The lowest BCUT2D eigenvalue weighted by Crippen LogP contribution is -2.48. The predicted octanol–water partition coefficient (Wildman–Crippen LogP) is 4.28. The fraction of sp³-hybridized carbons (Fsp3) is 0.360. The summed E-state index contributed by atoms with van der Waals surface area (Å²) in [5, 5.41) is 1.85. The minimum Gasteiger partial charge on any atom is -0.497 e. The number of thiazole rings is 1. The van der Waals surface area contributed by atoms with E-state index < -0.39 is 0 Å². The Labute approximate surface area is 187 Å². The zero-order valence-corrected chi connectivity index (χ0v) is 18.5. The van der Waals surface area contributed by atoms with Crippen LogP contribution in [0.1, 0.15) is 34.0 Å². The third kappa shape index (κ3) is 4.10. The van der Waals surface area contributed by atoms with E-state index in [2.05, 4.69) is 58.4 Å². The van der Waals surface area contributed by atoms with Crippen LogP contribution in [-0.4, -0.2) is 53.5 Å². The number of piperidine rings is 1. The summed E-state index contributed by atoms with van der Waals surface area (Å²) < 4.78 is 5.50. The van der Waals surface area contributed by atoms with E-state index in [0.29, 0.717) is 23.6 Å². The maximum atomic E-state index is 13.0. The van der Waals surface area contributed by atoms with Crippen molar-refractivity contribution in [1.82, 2.24) is 14.8 Å². The smallest absolute Gasteiger partial charge is 0.273 e. The van der Waals surface area contributed by atoms with E-state index in [-0.39, 0.29) is 5.91 Å². The second kappa shape index (κ2) is 8.81. The molecule has 0 unspecified atom stereocenters. The molecule has 2 fully saturated rings. The molecule has 0 radical (unpaired) electrons. The summed E-state index contributed by atoms with van der Waals surface area (Å²) in [4.78, 5) is 21.9. The number of nitrogens with zero attached hydrogens (tertiary/aromatic N) is 3. The Morgan fingerprint density at radius 1 is 1.16 bits per heavy atom. The number of ether oxygens (including phenoxy) is 1. The number of amides is 1. The molecule has 2 aliphatic heterocycles. The molecule has 0 spiro atoms. The largest absolute Gasteiger partial charge is 0.497 e. The fourth-order valence-electron chi connectivity index (χ4n) is 5.23. The molecule has 3 atom stereocenters. The molecule has 3 heterocycles. The summed E-state index contributed by atoms with van der Waals surface area (Å²) >= 11 is 1.47. The number of likely N-dealkylation sites (tertiary alicyclic amines) is 2. The SMILES string of the molecule is COc1cccc([C@H]2CN(Cc3ccccc3)[C@@H]3CCN(C(=O)c4cscn4)C[C@H]23)c1. The number of carbonyl (C=O) groups excluding carboxylic acids is 1. The Balaban J connectivity index is 1.42. The summed E-state index contributed by atoms with van der Waals surface area (Å²) in [5.74, 6) is 1.72. The van der Waals surface area contributed by atoms with Crippen LogP contribution in [0.25, 0.3) is 0 Å². The van der Waals surface area contributed by atoms with E-state index in [0.717, 1.165) is 38.3 Å². The van der Waals surface area contributed by atoms with Crippen molar-refractivity contribution in [1.29, 1.82) is 0 Å². The summed E-state index contributed by atoms with van der Waals surface area (Å²) in [7, 11) is 1.72. The topological polar surface area (TPSA) is 45.7 Å². The van der Waals surface area contributed by atoms with Gasteiger partial charge in [0, 0.05) is 49.4 Å². The molecule has 6 heteroatoms. The molecule has 0 saturated carbocycles. The van der Waals surface area contributed by atoms with Crippen molar-refractivity contribution < 1.29 is 9.53 Å². The average molecular weight is 434 g/mol. The van der Waals surface area contributed by atoms with Crippen molar-refractivity contribution in [2.24, 2.45) is 5.92 Å². The van der Waals surface area contributed by atoms with Crippen LogP contribution in [0.4, 0.5) is 0 Å². The van der Waals surface area contributed by atoms with Crippen LogP contribution in [-0.2, 0) is 6.54 Å². The Morgan fingerprint density at radius 3 is 2.81 bits per heavy atom. The Morgan fingerprint density at radius 2 is 2.03 bits per heavy atom. The molecular formula is C25H27N3O2S. The highest BCUT2D eigenvalue weighted by molar-refractivity contribution is 7.07. The molecule has 0 N–H and O–H groups in total. The highest BCUT2D eigenvalue weighted by Gasteiger charge is 2.46. The Hall–Kier alpha value is -2.70. The number of hydrogen-bond donors (Lipinski definition) is 0. The molecule has 2 saturated heterocycles. The van der Waals surface area contributed by atoms with Gasteiger partial charge < -0.3 is 9.64 Å². The standard InChI is InChI=1S/C25H27N3O2S/c1-30-20-9-5-8-19(12-20)21-14-28(13-18-6-3-2-4-7-18)24-10-11-27(15-22(21)24)25(29)23-16-31-17-26-23/h2-9,12,16-17,21-22,24H,10-11,13-15H2,1H3/t21-,22-,24-/m1/s1. The quantitative estimate of drug-likeness (QED) is 0.602. The lowest BCUT2D eigenvalue weighted by molar-refractivity contribution is 0.0579. The summed E-state index contributed by atoms with van der Waals surface area (Å²) in [6.45, 7) is 3.50. The van der Waals surface area contributed by atoms with Crippen molar-refractivity contribution in [3.63, 3.8) is 0 Å². The molecule has 5 rings (SSSR count).